The van der Waals surface area contributed by atoms with Crippen LogP contribution < -0.4 is 5.32 Å². The van der Waals surface area contributed by atoms with Crippen LogP contribution in [0.15, 0.2) is 60.2 Å². The van der Waals surface area contributed by atoms with Crippen molar-refractivity contribution in [3.05, 3.63) is 72.3 Å². The van der Waals surface area contributed by atoms with Gasteiger partial charge in [-0.3, -0.25) is 0 Å². The van der Waals surface area contributed by atoms with Crippen molar-refractivity contribution in [3.8, 4) is 5.69 Å². The Morgan fingerprint density at radius 3 is 2.78 bits per heavy atom. The van der Waals surface area contributed by atoms with Crippen molar-refractivity contribution in [2.45, 2.75) is 20.0 Å². The molecule has 0 radical (unpaired) electrons. The Balaban J connectivity index is 1.73. The lowest BCUT2D eigenvalue weighted by Crippen LogP contribution is -2.38. The van der Waals surface area contributed by atoms with Crippen molar-refractivity contribution in [3.63, 3.8) is 0 Å². The SMILES string of the molecule is CCNC(=NCc1ccc(-n2ccnc2)c(F)c1)N(C)Cc1cccn1C. The second-order valence-corrected chi connectivity index (χ2v) is 6.39. The van der Waals surface area contributed by atoms with Crippen molar-refractivity contribution < 1.29 is 4.39 Å². The van der Waals surface area contributed by atoms with Gasteiger partial charge in [-0.1, -0.05) is 6.07 Å². The predicted octanol–water partition coefficient (Wildman–Crippen LogP) is 2.95. The first kappa shape index (κ1) is 18.7. The molecule has 0 unspecified atom stereocenters. The van der Waals surface area contributed by atoms with Gasteiger partial charge < -0.3 is 19.4 Å². The van der Waals surface area contributed by atoms with Gasteiger partial charge in [0.2, 0.25) is 0 Å². The molecule has 0 atom stereocenters. The van der Waals surface area contributed by atoms with Crippen molar-refractivity contribution in [2.75, 3.05) is 13.6 Å². The number of aliphatic imine (C=N–C) groups is 1. The number of benzene rings is 1. The molecule has 0 saturated carbocycles. The molecule has 0 fully saturated rings. The highest BCUT2D eigenvalue weighted by molar-refractivity contribution is 5.79. The van der Waals surface area contributed by atoms with Gasteiger partial charge in [0.05, 0.1) is 25.1 Å². The Labute approximate surface area is 159 Å². The quantitative estimate of drug-likeness (QED) is 0.538. The monoisotopic (exact) mass is 368 g/mol. The second-order valence-electron chi connectivity index (χ2n) is 6.39. The molecule has 27 heavy (non-hydrogen) atoms. The van der Waals surface area contributed by atoms with Crippen LogP contribution in [0.3, 0.4) is 0 Å². The number of halogens is 1. The van der Waals surface area contributed by atoms with E-state index in [-0.39, 0.29) is 5.82 Å². The highest BCUT2D eigenvalue weighted by atomic mass is 19.1. The van der Waals surface area contributed by atoms with E-state index >= 15 is 0 Å². The molecule has 0 aliphatic carbocycles. The van der Waals surface area contributed by atoms with Gasteiger partial charge in [-0.25, -0.2) is 14.4 Å². The highest BCUT2D eigenvalue weighted by Gasteiger charge is 2.09. The molecule has 0 spiro atoms. The smallest absolute Gasteiger partial charge is 0.194 e. The van der Waals surface area contributed by atoms with Crippen LogP contribution in [-0.4, -0.2) is 38.6 Å². The number of hydrogen-bond donors (Lipinski definition) is 1. The van der Waals surface area contributed by atoms with Crippen molar-refractivity contribution in [1.29, 1.82) is 0 Å². The first-order valence-electron chi connectivity index (χ1n) is 8.95. The van der Waals surface area contributed by atoms with Crippen molar-refractivity contribution >= 4 is 5.96 Å². The van der Waals surface area contributed by atoms with Gasteiger partial charge in [0, 0.05) is 44.9 Å². The summed E-state index contributed by atoms with van der Waals surface area (Å²) in [5.41, 5.74) is 2.49. The summed E-state index contributed by atoms with van der Waals surface area (Å²) in [6.07, 6.45) is 6.96. The Bertz CT molecular complexity index is 897. The molecule has 1 N–H and O–H groups in total. The van der Waals surface area contributed by atoms with Crippen LogP contribution in [0.2, 0.25) is 0 Å². The fourth-order valence-corrected chi connectivity index (χ4v) is 2.87. The number of aromatic nitrogens is 3. The molecule has 7 heteroatoms. The van der Waals surface area contributed by atoms with E-state index in [0.717, 1.165) is 24.6 Å². The lowest BCUT2D eigenvalue weighted by molar-refractivity contribution is 0.462. The van der Waals surface area contributed by atoms with Gasteiger partial charge >= 0.3 is 0 Å². The van der Waals surface area contributed by atoms with E-state index in [4.69, 9.17) is 0 Å². The Kier molecular flexibility index (Phi) is 5.90. The maximum Gasteiger partial charge on any atom is 0.194 e. The van der Waals surface area contributed by atoms with Gasteiger partial charge in [-0.15, -0.1) is 0 Å². The minimum Gasteiger partial charge on any atom is -0.357 e. The van der Waals surface area contributed by atoms with E-state index in [9.17, 15) is 4.39 Å². The Morgan fingerprint density at radius 2 is 2.15 bits per heavy atom. The number of rotatable bonds is 6. The normalized spacial score (nSPS) is 11.6. The molecular formula is C20H25FN6. The number of guanidine groups is 1. The van der Waals surface area contributed by atoms with Crippen LogP contribution in [0.4, 0.5) is 4.39 Å². The molecular weight excluding hydrogens is 343 g/mol. The number of aryl methyl sites for hydroxylation is 1. The van der Waals surface area contributed by atoms with Crippen LogP contribution in [0.1, 0.15) is 18.2 Å². The zero-order chi connectivity index (χ0) is 19.2. The van der Waals surface area contributed by atoms with Crippen molar-refractivity contribution in [1.82, 2.24) is 24.3 Å². The van der Waals surface area contributed by atoms with Gasteiger partial charge in [-0.05, 0) is 36.8 Å². The number of nitrogens with one attached hydrogen (secondary N) is 1. The van der Waals surface area contributed by atoms with Gasteiger partial charge in [0.1, 0.15) is 5.82 Å². The highest BCUT2D eigenvalue weighted by Crippen LogP contribution is 2.15. The average Bonchev–Trinajstić information content (AvgIpc) is 3.31. The first-order valence-corrected chi connectivity index (χ1v) is 8.95. The maximum atomic E-state index is 14.4. The zero-order valence-electron chi connectivity index (χ0n) is 15.9. The Hall–Kier alpha value is -3.09. The van der Waals surface area contributed by atoms with Crippen LogP contribution in [0.25, 0.3) is 5.69 Å². The summed E-state index contributed by atoms with van der Waals surface area (Å²) in [4.78, 5) is 10.7. The molecule has 2 aromatic heterocycles. The molecule has 0 aliphatic rings. The summed E-state index contributed by atoms with van der Waals surface area (Å²) in [6, 6.07) is 9.28. The average molecular weight is 368 g/mol. The van der Waals surface area contributed by atoms with Crippen LogP contribution in [0.5, 0.6) is 0 Å². The van der Waals surface area contributed by atoms with Crippen molar-refractivity contribution in [2.24, 2.45) is 12.0 Å². The summed E-state index contributed by atoms with van der Waals surface area (Å²) < 4.78 is 18.2. The van der Waals surface area contributed by atoms with Crippen LogP contribution in [0, 0.1) is 5.82 Å². The molecule has 1 aromatic carbocycles. The molecule has 3 aromatic rings. The van der Waals surface area contributed by atoms with E-state index in [0.29, 0.717) is 12.2 Å². The lowest BCUT2D eigenvalue weighted by Gasteiger charge is -2.22. The van der Waals surface area contributed by atoms with E-state index < -0.39 is 0 Å². The largest absolute Gasteiger partial charge is 0.357 e. The third kappa shape index (κ3) is 4.55. The van der Waals surface area contributed by atoms with Crippen LogP contribution >= 0.6 is 0 Å². The third-order valence-corrected chi connectivity index (χ3v) is 4.35. The molecule has 0 saturated heterocycles. The molecule has 0 aliphatic heterocycles. The molecule has 0 amide bonds. The molecule has 6 nitrogen and oxygen atoms in total. The molecule has 2 heterocycles. The van der Waals surface area contributed by atoms with E-state index in [2.05, 4.69) is 30.8 Å². The standard InChI is InChI=1S/C20H25FN6/c1-4-23-20(26(3)14-17-6-5-10-25(17)2)24-13-16-7-8-19(18(21)12-16)27-11-9-22-15-27/h5-12,15H,4,13-14H2,1-3H3,(H,23,24). The number of imidazole rings is 1. The zero-order valence-corrected chi connectivity index (χ0v) is 15.9. The van der Waals surface area contributed by atoms with E-state index in [1.165, 1.54) is 11.8 Å². The summed E-state index contributed by atoms with van der Waals surface area (Å²) in [5, 5.41) is 3.29. The topological polar surface area (TPSA) is 50.4 Å². The summed E-state index contributed by atoms with van der Waals surface area (Å²) in [6.45, 7) is 3.94. The summed E-state index contributed by atoms with van der Waals surface area (Å²) in [5.74, 6) is 0.501. The fourth-order valence-electron chi connectivity index (χ4n) is 2.87. The van der Waals surface area contributed by atoms with Gasteiger partial charge in [-0.2, -0.15) is 0 Å². The Morgan fingerprint density at radius 1 is 1.30 bits per heavy atom. The van der Waals surface area contributed by atoms with Gasteiger partial charge in [0.15, 0.2) is 5.96 Å². The molecule has 142 valence electrons. The summed E-state index contributed by atoms with van der Waals surface area (Å²) >= 11 is 0. The minimum absolute atomic E-state index is 0.289. The minimum atomic E-state index is -0.289. The third-order valence-electron chi connectivity index (χ3n) is 4.35. The van der Waals surface area contributed by atoms with Crippen LogP contribution in [-0.2, 0) is 20.1 Å². The summed E-state index contributed by atoms with van der Waals surface area (Å²) in [7, 11) is 4.02. The molecule has 0 bridgehead atoms. The van der Waals surface area contributed by atoms with E-state index in [1.807, 2.05) is 39.3 Å². The van der Waals surface area contributed by atoms with E-state index in [1.54, 1.807) is 29.4 Å². The number of nitrogens with zero attached hydrogens (tertiary/aromatic N) is 5. The second kappa shape index (κ2) is 8.53. The first-order chi connectivity index (χ1) is 13.1. The van der Waals surface area contributed by atoms with Gasteiger partial charge in [0.25, 0.3) is 0 Å². The molecule has 3 rings (SSSR count). The number of hydrogen-bond acceptors (Lipinski definition) is 2. The predicted molar refractivity (Wildman–Crippen MR) is 105 cm³/mol. The maximum absolute atomic E-state index is 14.4. The lowest BCUT2D eigenvalue weighted by atomic mass is 10.2. The fraction of sp³-hybridized carbons (Fsp3) is 0.300.